The van der Waals surface area contributed by atoms with E-state index < -0.39 is 0 Å². The van der Waals surface area contributed by atoms with Crippen LogP contribution in [0.1, 0.15) is 24.2 Å². The van der Waals surface area contributed by atoms with Crippen molar-refractivity contribution in [2.75, 3.05) is 20.1 Å². The predicted molar refractivity (Wildman–Crippen MR) is 123 cm³/mol. The molecule has 9 heteroatoms. The molecule has 0 bridgehead atoms. The van der Waals surface area contributed by atoms with Gasteiger partial charge in [-0.15, -0.1) is 24.0 Å². The summed E-state index contributed by atoms with van der Waals surface area (Å²) in [6.07, 6.45) is 4.20. The summed E-state index contributed by atoms with van der Waals surface area (Å²) in [5, 5.41) is 10.5. The third-order valence-corrected chi connectivity index (χ3v) is 5.11. The lowest BCUT2D eigenvalue weighted by Gasteiger charge is -2.19. The van der Waals surface area contributed by atoms with Crippen LogP contribution >= 0.6 is 24.0 Å². The SMILES string of the molecule is CN=C(NCCc1noc(-c2ccccn2)n1)NCC1(c2ccccc2F)CC1.I. The molecule has 30 heavy (non-hydrogen) atoms. The normalized spacial score (nSPS) is 14.7. The van der Waals surface area contributed by atoms with Gasteiger partial charge in [0.15, 0.2) is 11.8 Å². The largest absolute Gasteiger partial charge is 0.356 e. The Bertz CT molecular complexity index is 990. The summed E-state index contributed by atoms with van der Waals surface area (Å²) in [5.74, 6) is 1.53. The van der Waals surface area contributed by atoms with Crippen molar-refractivity contribution in [2.45, 2.75) is 24.7 Å². The molecule has 0 saturated heterocycles. The number of guanidine groups is 1. The minimum atomic E-state index is -0.145. The molecular formula is C21H24FIN6O. The quantitative estimate of drug-likeness (QED) is 0.281. The summed E-state index contributed by atoms with van der Waals surface area (Å²) in [5.41, 5.74) is 1.28. The van der Waals surface area contributed by atoms with Gasteiger partial charge in [-0.25, -0.2) is 4.39 Å². The van der Waals surface area contributed by atoms with E-state index in [0.29, 0.717) is 42.9 Å². The second kappa shape index (κ2) is 9.96. The van der Waals surface area contributed by atoms with Gasteiger partial charge < -0.3 is 15.2 Å². The van der Waals surface area contributed by atoms with Crippen molar-refractivity contribution in [1.82, 2.24) is 25.8 Å². The van der Waals surface area contributed by atoms with Crippen LogP contribution in [-0.2, 0) is 11.8 Å². The van der Waals surface area contributed by atoms with Gasteiger partial charge in [-0.3, -0.25) is 9.98 Å². The number of aliphatic imine (C=N–C) groups is 1. The molecule has 2 heterocycles. The number of hydrogen-bond acceptors (Lipinski definition) is 5. The van der Waals surface area contributed by atoms with Gasteiger partial charge in [-0.1, -0.05) is 29.4 Å². The van der Waals surface area contributed by atoms with Crippen molar-refractivity contribution in [1.29, 1.82) is 0 Å². The molecule has 0 radical (unpaired) electrons. The number of halogens is 2. The number of nitrogens with one attached hydrogen (secondary N) is 2. The zero-order valence-corrected chi connectivity index (χ0v) is 19.0. The van der Waals surface area contributed by atoms with Gasteiger partial charge in [0, 0.05) is 38.2 Å². The first-order valence-electron chi connectivity index (χ1n) is 9.64. The highest BCUT2D eigenvalue weighted by atomic mass is 127. The van der Waals surface area contributed by atoms with Crippen LogP contribution in [0.5, 0.6) is 0 Å². The van der Waals surface area contributed by atoms with Crippen LogP contribution in [0.15, 0.2) is 58.2 Å². The molecule has 4 rings (SSSR count). The molecule has 0 spiro atoms. The molecule has 1 saturated carbocycles. The Morgan fingerprint density at radius 3 is 2.67 bits per heavy atom. The summed E-state index contributed by atoms with van der Waals surface area (Å²) in [6.45, 7) is 1.23. The van der Waals surface area contributed by atoms with Crippen LogP contribution in [0.2, 0.25) is 0 Å². The van der Waals surface area contributed by atoms with Gasteiger partial charge in [0.25, 0.3) is 5.89 Å². The van der Waals surface area contributed by atoms with Crippen LogP contribution in [-0.4, -0.2) is 41.2 Å². The standard InChI is InChI=1S/C21H23FN6O.HI/c1-23-20(26-14-21(10-11-21)15-6-2-3-7-16(15)22)25-13-9-18-27-19(29-28-18)17-8-4-5-12-24-17;/h2-8,12H,9-11,13-14H2,1H3,(H2,23,25,26);1H. The molecule has 0 atom stereocenters. The third kappa shape index (κ3) is 5.13. The zero-order valence-electron chi connectivity index (χ0n) is 16.6. The van der Waals surface area contributed by atoms with Gasteiger partial charge in [0.1, 0.15) is 11.5 Å². The van der Waals surface area contributed by atoms with Gasteiger partial charge in [0.2, 0.25) is 0 Å². The van der Waals surface area contributed by atoms with Crippen LogP contribution in [0, 0.1) is 5.82 Å². The number of hydrogen-bond donors (Lipinski definition) is 2. The van der Waals surface area contributed by atoms with E-state index in [4.69, 9.17) is 4.52 Å². The molecule has 0 unspecified atom stereocenters. The minimum absolute atomic E-state index is 0. The van der Waals surface area contributed by atoms with Gasteiger partial charge in [-0.05, 0) is 36.6 Å². The predicted octanol–water partition coefficient (Wildman–Crippen LogP) is 3.33. The first kappa shape index (κ1) is 22.1. The van der Waals surface area contributed by atoms with Gasteiger partial charge in [0.05, 0.1) is 0 Å². The highest BCUT2D eigenvalue weighted by molar-refractivity contribution is 14.0. The van der Waals surface area contributed by atoms with Crippen LogP contribution in [0.3, 0.4) is 0 Å². The molecule has 2 aromatic heterocycles. The van der Waals surface area contributed by atoms with E-state index in [0.717, 1.165) is 18.4 Å². The molecule has 1 aromatic carbocycles. The number of pyridine rings is 1. The van der Waals surface area contributed by atoms with E-state index in [-0.39, 0.29) is 35.2 Å². The summed E-state index contributed by atoms with van der Waals surface area (Å²) >= 11 is 0. The molecule has 1 fully saturated rings. The summed E-state index contributed by atoms with van der Waals surface area (Å²) in [4.78, 5) is 12.8. The second-order valence-electron chi connectivity index (χ2n) is 7.09. The average molecular weight is 522 g/mol. The fourth-order valence-electron chi connectivity index (χ4n) is 3.30. The Hall–Kier alpha value is -2.56. The highest BCUT2D eigenvalue weighted by Gasteiger charge is 2.45. The van der Waals surface area contributed by atoms with Crippen LogP contribution in [0.4, 0.5) is 4.39 Å². The average Bonchev–Trinajstić information content (AvgIpc) is 3.39. The maximum atomic E-state index is 14.1. The minimum Gasteiger partial charge on any atom is -0.356 e. The lowest BCUT2D eigenvalue weighted by Crippen LogP contribution is -2.42. The topological polar surface area (TPSA) is 88.2 Å². The molecule has 7 nitrogen and oxygen atoms in total. The molecule has 0 aliphatic heterocycles. The number of benzene rings is 1. The van der Waals surface area contributed by atoms with Gasteiger partial charge in [-0.2, -0.15) is 4.98 Å². The Labute approximate surface area is 191 Å². The van der Waals surface area contributed by atoms with Crippen molar-refractivity contribution in [3.8, 4) is 11.6 Å². The fourth-order valence-corrected chi connectivity index (χ4v) is 3.30. The molecule has 1 aliphatic carbocycles. The zero-order chi connectivity index (χ0) is 20.1. The Kier molecular flexibility index (Phi) is 7.35. The molecular weight excluding hydrogens is 498 g/mol. The van der Waals surface area contributed by atoms with Crippen LogP contribution in [0.25, 0.3) is 11.6 Å². The molecule has 1 aliphatic rings. The first-order chi connectivity index (χ1) is 14.2. The van der Waals surface area contributed by atoms with Crippen molar-refractivity contribution in [3.63, 3.8) is 0 Å². The lowest BCUT2D eigenvalue weighted by molar-refractivity contribution is 0.421. The van der Waals surface area contributed by atoms with Crippen LogP contribution < -0.4 is 10.6 Å². The molecule has 158 valence electrons. The summed E-state index contributed by atoms with van der Waals surface area (Å²) < 4.78 is 19.4. The maximum Gasteiger partial charge on any atom is 0.276 e. The van der Waals surface area contributed by atoms with E-state index >= 15 is 0 Å². The number of aromatic nitrogens is 3. The first-order valence-corrected chi connectivity index (χ1v) is 9.64. The fraction of sp³-hybridized carbons (Fsp3) is 0.333. The molecule has 3 aromatic rings. The highest BCUT2D eigenvalue weighted by Crippen LogP contribution is 2.48. The van der Waals surface area contributed by atoms with E-state index in [1.165, 1.54) is 6.07 Å². The van der Waals surface area contributed by atoms with Gasteiger partial charge >= 0.3 is 0 Å². The van der Waals surface area contributed by atoms with Crippen molar-refractivity contribution in [3.05, 3.63) is 65.9 Å². The maximum absolute atomic E-state index is 14.1. The van der Waals surface area contributed by atoms with Crippen molar-refractivity contribution >= 4 is 29.9 Å². The van der Waals surface area contributed by atoms with E-state index in [2.05, 4.69) is 30.8 Å². The van der Waals surface area contributed by atoms with E-state index in [1.807, 2.05) is 30.3 Å². The van der Waals surface area contributed by atoms with E-state index in [9.17, 15) is 4.39 Å². The molecule has 0 amide bonds. The van der Waals surface area contributed by atoms with Crippen molar-refractivity contribution < 1.29 is 8.91 Å². The number of rotatable bonds is 7. The number of nitrogens with zero attached hydrogens (tertiary/aromatic N) is 4. The van der Waals surface area contributed by atoms with Crippen molar-refractivity contribution in [2.24, 2.45) is 4.99 Å². The summed E-state index contributed by atoms with van der Waals surface area (Å²) in [7, 11) is 1.71. The summed E-state index contributed by atoms with van der Waals surface area (Å²) in [6, 6.07) is 12.5. The smallest absolute Gasteiger partial charge is 0.276 e. The monoisotopic (exact) mass is 522 g/mol. The lowest BCUT2D eigenvalue weighted by atomic mass is 9.95. The Morgan fingerprint density at radius 1 is 1.17 bits per heavy atom. The van der Waals surface area contributed by atoms with E-state index in [1.54, 1.807) is 19.3 Å². The Balaban J connectivity index is 0.00000256. The molecule has 2 N–H and O–H groups in total. The third-order valence-electron chi connectivity index (χ3n) is 5.11. The Morgan fingerprint density at radius 2 is 1.97 bits per heavy atom. The second-order valence-corrected chi connectivity index (χ2v) is 7.09.